The number of fused-ring (bicyclic) bond motifs is 3. The third kappa shape index (κ3) is 1.94. The molecule has 1 nitrogen and oxygen atoms in total. The lowest BCUT2D eigenvalue weighted by atomic mass is 9.70. The van der Waals surface area contributed by atoms with Crippen molar-refractivity contribution >= 4 is 6.29 Å². The second-order valence-electron chi connectivity index (χ2n) is 7.80. The minimum absolute atomic E-state index is 0.250. The van der Waals surface area contributed by atoms with E-state index in [2.05, 4.69) is 33.8 Å². The van der Waals surface area contributed by atoms with Crippen molar-refractivity contribution in [2.75, 3.05) is 0 Å². The molecule has 1 aromatic carbocycles. The molecule has 1 aromatic rings. The van der Waals surface area contributed by atoms with E-state index in [1.807, 2.05) is 0 Å². The third-order valence-electron chi connectivity index (χ3n) is 5.19. The summed E-state index contributed by atoms with van der Waals surface area (Å²) in [5, 5.41) is 0. The van der Waals surface area contributed by atoms with Crippen LogP contribution in [0.1, 0.15) is 73.1 Å². The first kappa shape index (κ1) is 12.9. The van der Waals surface area contributed by atoms with Gasteiger partial charge in [-0.25, -0.2) is 0 Å². The Balaban J connectivity index is 2.24. The van der Waals surface area contributed by atoms with Crippen LogP contribution in [0, 0.1) is 5.41 Å². The number of benzene rings is 1. The van der Waals surface area contributed by atoms with Crippen molar-refractivity contribution in [2.45, 2.75) is 65.2 Å². The Hall–Kier alpha value is -1.11. The fourth-order valence-corrected chi connectivity index (χ4v) is 4.11. The third-order valence-corrected chi connectivity index (χ3v) is 5.19. The normalized spacial score (nSPS) is 22.7. The topological polar surface area (TPSA) is 17.1 Å². The van der Waals surface area contributed by atoms with Crippen LogP contribution in [-0.4, -0.2) is 6.29 Å². The molecular formula is C18H24O. The van der Waals surface area contributed by atoms with Crippen molar-refractivity contribution in [3.8, 4) is 0 Å². The van der Waals surface area contributed by atoms with Crippen LogP contribution in [0.2, 0.25) is 0 Å². The molecule has 0 N–H and O–H groups in total. The predicted molar refractivity (Wildman–Crippen MR) is 79.0 cm³/mol. The molecule has 0 aromatic heterocycles. The highest BCUT2D eigenvalue weighted by molar-refractivity contribution is 5.80. The zero-order valence-electron chi connectivity index (χ0n) is 12.6. The Morgan fingerprint density at radius 2 is 1.74 bits per heavy atom. The fraction of sp³-hybridized carbons (Fsp3) is 0.611. The summed E-state index contributed by atoms with van der Waals surface area (Å²) in [5.74, 6) is 0. The zero-order valence-corrected chi connectivity index (χ0v) is 12.6. The van der Waals surface area contributed by atoms with Gasteiger partial charge in [-0.3, -0.25) is 4.79 Å². The molecule has 0 atom stereocenters. The van der Waals surface area contributed by atoms with Gasteiger partial charge in [-0.15, -0.1) is 0 Å². The van der Waals surface area contributed by atoms with E-state index in [0.717, 1.165) is 24.7 Å². The highest BCUT2D eigenvalue weighted by Crippen LogP contribution is 2.46. The van der Waals surface area contributed by atoms with Crippen molar-refractivity contribution in [3.05, 3.63) is 33.9 Å². The molecule has 0 bridgehead atoms. The van der Waals surface area contributed by atoms with Gasteiger partial charge in [-0.2, -0.15) is 0 Å². The van der Waals surface area contributed by atoms with Gasteiger partial charge in [0.25, 0.3) is 0 Å². The monoisotopic (exact) mass is 256 g/mol. The molecule has 1 heteroatoms. The summed E-state index contributed by atoms with van der Waals surface area (Å²) >= 11 is 0. The average Bonchev–Trinajstić information content (AvgIpc) is 2.63. The summed E-state index contributed by atoms with van der Waals surface area (Å²) in [6.07, 6.45) is 6.90. The smallest absolute Gasteiger partial charge is 0.150 e. The first-order chi connectivity index (χ1) is 8.84. The second-order valence-corrected chi connectivity index (χ2v) is 7.80. The maximum Gasteiger partial charge on any atom is 0.150 e. The molecule has 0 saturated carbocycles. The Labute approximate surface area is 116 Å². The minimum Gasteiger partial charge on any atom is -0.298 e. The van der Waals surface area contributed by atoms with Crippen LogP contribution in [-0.2, 0) is 24.7 Å². The average molecular weight is 256 g/mol. The Morgan fingerprint density at radius 1 is 1.05 bits per heavy atom. The van der Waals surface area contributed by atoms with Gasteiger partial charge in [0.2, 0.25) is 0 Å². The van der Waals surface area contributed by atoms with Crippen LogP contribution in [0.3, 0.4) is 0 Å². The highest BCUT2D eigenvalue weighted by Gasteiger charge is 2.37. The van der Waals surface area contributed by atoms with Crippen molar-refractivity contribution < 1.29 is 4.79 Å². The summed E-state index contributed by atoms with van der Waals surface area (Å²) in [6.45, 7) is 9.37. The fourth-order valence-electron chi connectivity index (χ4n) is 4.11. The molecule has 0 spiro atoms. The number of carbonyl (C=O) groups is 1. The molecule has 2 aliphatic carbocycles. The van der Waals surface area contributed by atoms with Crippen molar-refractivity contribution in [1.82, 2.24) is 0 Å². The van der Waals surface area contributed by atoms with Gasteiger partial charge in [0.05, 0.1) is 0 Å². The van der Waals surface area contributed by atoms with Crippen LogP contribution < -0.4 is 0 Å². The number of hydrogen-bond acceptors (Lipinski definition) is 1. The zero-order chi connectivity index (χ0) is 13.8. The van der Waals surface area contributed by atoms with E-state index in [9.17, 15) is 4.79 Å². The maximum absolute atomic E-state index is 11.4. The van der Waals surface area contributed by atoms with E-state index in [1.54, 1.807) is 5.56 Å². The Bertz CT molecular complexity index is 549. The van der Waals surface area contributed by atoms with Crippen LogP contribution >= 0.6 is 0 Å². The van der Waals surface area contributed by atoms with Gasteiger partial charge >= 0.3 is 0 Å². The van der Waals surface area contributed by atoms with Crippen molar-refractivity contribution in [1.29, 1.82) is 0 Å². The van der Waals surface area contributed by atoms with E-state index in [0.29, 0.717) is 5.41 Å². The first-order valence-electron chi connectivity index (χ1n) is 7.47. The molecule has 0 saturated heterocycles. The van der Waals surface area contributed by atoms with Gasteiger partial charge in [0.1, 0.15) is 6.29 Å². The number of rotatable bonds is 1. The molecular weight excluding hydrogens is 232 g/mol. The summed E-state index contributed by atoms with van der Waals surface area (Å²) in [7, 11) is 0. The number of hydrogen-bond donors (Lipinski definition) is 0. The molecule has 0 amide bonds. The number of aldehydes is 1. The summed E-state index contributed by atoms with van der Waals surface area (Å²) in [6, 6.07) is 2.18. The van der Waals surface area contributed by atoms with Crippen LogP contribution in [0.25, 0.3) is 0 Å². The van der Waals surface area contributed by atoms with E-state index in [-0.39, 0.29) is 5.41 Å². The van der Waals surface area contributed by atoms with Gasteiger partial charge < -0.3 is 0 Å². The first-order valence-corrected chi connectivity index (χ1v) is 7.47. The van der Waals surface area contributed by atoms with Gasteiger partial charge in [-0.1, -0.05) is 27.7 Å². The standard InChI is InChI=1S/C18H24O/c1-17(2)7-5-14-12(10-17)9-13(11-19)15-6-8-18(3,4)16(14)15/h9,11H,5-8,10H2,1-4H3. The molecule has 0 fully saturated rings. The summed E-state index contributed by atoms with van der Waals surface area (Å²) in [4.78, 5) is 11.4. The second kappa shape index (κ2) is 3.94. The lowest BCUT2D eigenvalue weighted by molar-refractivity contribution is 0.112. The van der Waals surface area contributed by atoms with E-state index < -0.39 is 0 Å². The molecule has 0 radical (unpaired) electrons. The quantitative estimate of drug-likeness (QED) is 0.687. The summed E-state index contributed by atoms with van der Waals surface area (Å²) < 4.78 is 0. The Kier molecular flexibility index (Phi) is 2.68. The largest absolute Gasteiger partial charge is 0.298 e. The molecule has 102 valence electrons. The predicted octanol–water partition coefficient (Wildman–Crippen LogP) is 4.24. The van der Waals surface area contributed by atoms with Gasteiger partial charge in [-0.05, 0) is 71.3 Å². The molecule has 0 heterocycles. The van der Waals surface area contributed by atoms with E-state index in [1.165, 1.54) is 36.0 Å². The lowest BCUT2D eigenvalue weighted by Gasteiger charge is -2.35. The lowest BCUT2D eigenvalue weighted by Crippen LogP contribution is -2.26. The SMILES string of the molecule is CC1(C)CCc2c(cc(C=O)c3c2C(C)(C)CC3)C1. The summed E-state index contributed by atoms with van der Waals surface area (Å²) in [5.41, 5.74) is 7.46. The van der Waals surface area contributed by atoms with Crippen LogP contribution in [0.5, 0.6) is 0 Å². The minimum atomic E-state index is 0.250. The molecule has 3 rings (SSSR count). The molecule has 0 unspecified atom stereocenters. The van der Waals surface area contributed by atoms with Gasteiger partial charge in [0.15, 0.2) is 0 Å². The Morgan fingerprint density at radius 3 is 2.42 bits per heavy atom. The molecule has 19 heavy (non-hydrogen) atoms. The van der Waals surface area contributed by atoms with Crippen LogP contribution in [0.15, 0.2) is 6.07 Å². The van der Waals surface area contributed by atoms with Crippen molar-refractivity contribution in [3.63, 3.8) is 0 Å². The maximum atomic E-state index is 11.4. The molecule has 2 aliphatic rings. The van der Waals surface area contributed by atoms with Crippen LogP contribution in [0.4, 0.5) is 0 Å². The van der Waals surface area contributed by atoms with E-state index >= 15 is 0 Å². The molecule has 0 aliphatic heterocycles. The van der Waals surface area contributed by atoms with Crippen molar-refractivity contribution in [2.24, 2.45) is 5.41 Å². The van der Waals surface area contributed by atoms with E-state index in [4.69, 9.17) is 0 Å². The highest BCUT2D eigenvalue weighted by atomic mass is 16.1. The van der Waals surface area contributed by atoms with Gasteiger partial charge in [0, 0.05) is 5.56 Å². The number of carbonyl (C=O) groups excluding carboxylic acids is 1.